The SMILES string of the molecule is CS(=O)(=O)O.CS(=O)(=O)O.O=Cc1ccccc1. The number of carbonyl (C=O) groups is 1. The number of hydrogen-bond donors (Lipinski definition) is 2. The fraction of sp³-hybridized carbons (Fsp3) is 0.222. The summed E-state index contributed by atoms with van der Waals surface area (Å²) >= 11 is 0. The second kappa shape index (κ2) is 8.75. The van der Waals surface area contributed by atoms with E-state index in [2.05, 4.69) is 0 Å². The third-order valence-corrected chi connectivity index (χ3v) is 0.936. The Hall–Kier alpha value is -1.29. The molecule has 0 saturated carbocycles. The maximum atomic E-state index is 10.0. The minimum atomic E-state index is -3.67. The Morgan fingerprint density at radius 2 is 1.17 bits per heavy atom. The number of hydrogen-bond acceptors (Lipinski definition) is 5. The van der Waals surface area contributed by atoms with Crippen LogP contribution in [0.1, 0.15) is 10.4 Å². The summed E-state index contributed by atoms with van der Waals surface area (Å²) in [6.45, 7) is 0. The molecule has 7 nitrogen and oxygen atoms in total. The van der Waals surface area contributed by atoms with Crippen LogP contribution in [0.5, 0.6) is 0 Å². The minimum Gasteiger partial charge on any atom is -0.298 e. The maximum absolute atomic E-state index is 10.0. The molecule has 1 rings (SSSR count). The lowest BCUT2D eigenvalue weighted by Gasteiger charge is -1.81. The number of carbonyl (C=O) groups excluding carboxylic acids is 1. The Labute approximate surface area is 106 Å². The van der Waals surface area contributed by atoms with Crippen LogP contribution in [0.25, 0.3) is 0 Å². The van der Waals surface area contributed by atoms with Gasteiger partial charge in [0.05, 0.1) is 12.5 Å². The highest BCUT2D eigenvalue weighted by Gasteiger charge is 1.82. The molecule has 0 amide bonds. The van der Waals surface area contributed by atoms with Crippen molar-refractivity contribution in [1.82, 2.24) is 0 Å². The average Bonchev–Trinajstić information content (AvgIpc) is 2.14. The molecule has 18 heavy (non-hydrogen) atoms. The molecule has 0 atom stereocenters. The van der Waals surface area contributed by atoms with Crippen molar-refractivity contribution in [2.24, 2.45) is 0 Å². The van der Waals surface area contributed by atoms with Crippen molar-refractivity contribution in [2.75, 3.05) is 12.5 Å². The van der Waals surface area contributed by atoms with E-state index in [1.807, 2.05) is 18.2 Å². The minimum absolute atomic E-state index is 0.715. The van der Waals surface area contributed by atoms with Gasteiger partial charge in [-0.05, 0) is 0 Å². The van der Waals surface area contributed by atoms with E-state index in [0.717, 1.165) is 11.8 Å². The highest BCUT2D eigenvalue weighted by molar-refractivity contribution is 7.85. The first kappa shape index (κ1) is 19.1. The largest absolute Gasteiger partial charge is 0.298 e. The molecule has 0 radical (unpaired) electrons. The van der Waals surface area contributed by atoms with Crippen molar-refractivity contribution in [3.05, 3.63) is 35.9 Å². The zero-order chi connectivity index (χ0) is 14.8. The predicted octanol–water partition coefficient (Wildman–Crippen LogP) is 0.507. The normalized spacial score (nSPS) is 10.2. The Bertz CT molecular complexity index is 486. The highest BCUT2D eigenvalue weighted by Crippen LogP contribution is 1.91. The summed E-state index contributed by atoms with van der Waals surface area (Å²) in [6, 6.07) is 9.10. The van der Waals surface area contributed by atoms with Gasteiger partial charge in [0.2, 0.25) is 0 Å². The quantitative estimate of drug-likeness (QED) is 0.571. The van der Waals surface area contributed by atoms with Crippen molar-refractivity contribution in [3.8, 4) is 0 Å². The first-order valence-electron chi connectivity index (χ1n) is 4.28. The molecule has 1 aromatic rings. The molecule has 104 valence electrons. The first-order valence-corrected chi connectivity index (χ1v) is 7.98. The lowest BCUT2D eigenvalue weighted by molar-refractivity contribution is 0.112. The Morgan fingerprint density at radius 1 is 0.889 bits per heavy atom. The topological polar surface area (TPSA) is 126 Å². The van der Waals surface area contributed by atoms with E-state index in [1.54, 1.807) is 12.1 Å². The van der Waals surface area contributed by atoms with Crippen LogP contribution >= 0.6 is 0 Å². The summed E-state index contributed by atoms with van der Waals surface area (Å²) in [5.74, 6) is 0. The molecule has 9 heteroatoms. The van der Waals surface area contributed by atoms with Crippen LogP contribution in [0, 0.1) is 0 Å². The molecule has 2 N–H and O–H groups in total. The van der Waals surface area contributed by atoms with Crippen molar-refractivity contribution >= 4 is 26.5 Å². The van der Waals surface area contributed by atoms with Gasteiger partial charge in [0, 0.05) is 5.56 Å². The maximum Gasteiger partial charge on any atom is 0.261 e. The molecule has 0 aromatic heterocycles. The standard InChI is InChI=1S/C7H6O.2CH4O3S/c8-6-7-4-2-1-3-5-7;2*1-5(2,3)4/h1-6H;2*1H3,(H,2,3,4). The van der Waals surface area contributed by atoms with Gasteiger partial charge in [0.1, 0.15) is 6.29 Å². The van der Waals surface area contributed by atoms with E-state index in [9.17, 15) is 21.6 Å². The molecule has 0 bridgehead atoms. The van der Waals surface area contributed by atoms with Crippen LogP contribution < -0.4 is 0 Å². The summed E-state index contributed by atoms with van der Waals surface area (Å²) in [6.07, 6.45) is 2.26. The van der Waals surface area contributed by atoms with Crippen LogP contribution in [0.3, 0.4) is 0 Å². The molecule has 0 heterocycles. The van der Waals surface area contributed by atoms with E-state index >= 15 is 0 Å². The average molecular weight is 298 g/mol. The molecule has 0 saturated heterocycles. The van der Waals surface area contributed by atoms with Gasteiger partial charge in [-0.1, -0.05) is 30.3 Å². The molecule has 0 fully saturated rings. The van der Waals surface area contributed by atoms with Crippen LogP contribution in [0.2, 0.25) is 0 Å². The van der Waals surface area contributed by atoms with E-state index in [0.29, 0.717) is 12.5 Å². The van der Waals surface area contributed by atoms with E-state index in [-0.39, 0.29) is 0 Å². The van der Waals surface area contributed by atoms with Gasteiger partial charge in [-0.3, -0.25) is 13.9 Å². The van der Waals surface area contributed by atoms with Gasteiger partial charge in [0.15, 0.2) is 0 Å². The fourth-order valence-corrected chi connectivity index (χ4v) is 0.532. The lowest BCUT2D eigenvalue weighted by Crippen LogP contribution is -1.88. The summed E-state index contributed by atoms with van der Waals surface area (Å²) < 4.78 is 51.7. The number of aldehydes is 1. The van der Waals surface area contributed by atoms with Crippen LogP contribution in [0.4, 0.5) is 0 Å². The first-order chi connectivity index (χ1) is 7.93. The zero-order valence-corrected chi connectivity index (χ0v) is 11.3. The third kappa shape index (κ3) is 36.4. The molecular formula is C9H14O7S2. The monoisotopic (exact) mass is 298 g/mol. The summed E-state index contributed by atoms with van der Waals surface area (Å²) in [7, 11) is -7.33. The zero-order valence-electron chi connectivity index (χ0n) is 9.72. The summed E-state index contributed by atoms with van der Waals surface area (Å²) in [5.41, 5.74) is 0.729. The molecule has 0 aliphatic rings. The van der Waals surface area contributed by atoms with Gasteiger partial charge >= 0.3 is 0 Å². The van der Waals surface area contributed by atoms with Crippen molar-refractivity contribution < 1.29 is 30.7 Å². The molecule has 0 unspecified atom stereocenters. The molecule has 1 aromatic carbocycles. The number of rotatable bonds is 1. The smallest absolute Gasteiger partial charge is 0.261 e. The van der Waals surface area contributed by atoms with Gasteiger partial charge in [-0.2, -0.15) is 16.8 Å². The van der Waals surface area contributed by atoms with Crippen molar-refractivity contribution in [2.45, 2.75) is 0 Å². The lowest BCUT2D eigenvalue weighted by atomic mass is 10.2. The Morgan fingerprint density at radius 3 is 1.33 bits per heavy atom. The summed E-state index contributed by atoms with van der Waals surface area (Å²) in [5, 5.41) is 0. The Kier molecular flexibility index (Phi) is 9.27. The van der Waals surface area contributed by atoms with Crippen molar-refractivity contribution in [3.63, 3.8) is 0 Å². The number of benzene rings is 1. The molecule has 0 aliphatic carbocycles. The van der Waals surface area contributed by atoms with Crippen LogP contribution in [0.15, 0.2) is 30.3 Å². The van der Waals surface area contributed by atoms with E-state index in [1.165, 1.54) is 0 Å². The van der Waals surface area contributed by atoms with Crippen molar-refractivity contribution in [1.29, 1.82) is 0 Å². The third-order valence-electron chi connectivity index (χ3n) is 0.936. The highest BCUT2D eigenvalue weighted by atomic mass is 32.2. The van der Waals surface area contributed by atoms with Gasteiger partial charge in [-0.25, -0.2) is 0 Å². The fourth-order valence-electron chi connectivity index (χ4n) is 0.532. The van der Waals surface area contributed by atoms with Gasteiger partial charge in [-0.15, -0.1) is 0 Å². The van der Waals surface area contributed by atoms with Gasteiger partial charge < -0.3 is 0 Å². The van der Waals surface area contributed by atoms with Crippen LogP contribution in [-0.4, -0.2) is 44.7 Å². The molecule has 0 aliphatic heterocycles. The Balaban J connectivity index is 0. The summed E-state index contributed by atoms with van der Waals surface area (Å²) in [4.78, 5) is 10.0. The second-order valence-corrected chi connectivity index (χ2v) is 5.93. The predicted molar refractivity (Wildman–Crippen MR) is 66.8 cm³/mol. The van der Waals surface area contributed by atoms with E-state index in [4.69, 9.17) is 9.11 Å². The second-order valence-electron chi connectivity index (χ2n) is 2.99. The van der Waals surface area contributed by atoms with Gasteiger partial charge in [0.25, 0.3) is 20.2 Å². The molecular weight excluding hydrogens is 284 g/mol. The molecule has 0 spiro atoms. The van der Waals surface area contributed by atoms with E-state index < -0.39 is 20.2 Å². The van der Waals surface area contributed by atoms with Crippen LogP contribution in [-0.2, 0) is 20.2 Å².